The first-order valence-corrected chi connectivity index (χ1v) is 5.50. The van der Waals surface area contributed by atoms with Crippen LogP contribution in [0.25, 0.3) is 0 Å². The van der Waals surface area contributed by atoms with E-state index in [4.69, 9.17) is 0 Å². The summed E-state index contributed by atoms with van der Waals surface area (Å²) in [7, 11) is 0. The quantitative estimate of drug-likeness (QED) is 0.772. The highest BCUT2D eigenvalue weighted by Gasteiger charge is 2.14. The smallest absolute Gasteiger partial charge is 0.140 e. The molecular weight excluding hydrogens is 196 g/mol. The van der Waals surface area contributed by atoms with Gasteiger partial charge < -0.3 is 4.55 Å². The molecule has 0 radical (unpaired) electrons. The van der Waals surface area contributed by atoms with Crippen molar-refractivity contribution in [2.45, 2.75) is 19.9 Å². The normalized spacial score (nSPS) is 14.8. The molecule has 0 spiro atoms. The molecule has 14 heavy (non-hydrogen) atoms. The number of hydrogen-bond acceptors (Lipinski definition) is 3. The van der Waals surface area contributed by atoms with E-state index in [1.807, 2.05) is 25.1 Å². The molecule has 76 valence electrons. The lowest BCUT2D eigenvalue weighted by atomic mass is 10.2. The summed E-state index contributed by atoms with van der Waals surface area (Å²) in [5.74, 6) is 0. The highest BCUT2D eigenvalue weighted by molar-refractivity contribution is 7.93. The van der Waals surface area contributed by atoms with Gasteiger partial charge in [-0.2, -0.15) is 0 Å². The Morgan fingerprint density at radius 3 is 2.86 bits per heavy atom. The second-order valence-corrected chi connectivity index (χ2v) is 4.53. The van der Waals surface area contributed by atoms with Crippen LogP contribution in [0.5, 0.6) is 0 Å². The summed E-state index contributed by atoms with van der Waals surface area (Å²) < 4.78 is 14.3. The topological polar surface area (TPSA) is 48.0 Å². The molecular formula is C10H14N2OS. The van der Waals surface area contributed by atoms with Crippen molar-refractivity contribution in [1.29, 1.82) is 0 Å². The van der Waals surface area contributed by atoms with Gasteiger partial charge in [-0.1, -0.05) is 6.07 Å². The van der Waals surface area contributed by atoms with Gasteiger partial charge in [0.25, 0.3) is 0 Å². The van der Waals surface area contributed by atoms with E-state index >= 15 is 0 Å². The summed E-state index contributed by atoms with van der Waals surface area (Å²) >= 11 is -1.19. The molecule has 0 bridgehead atoms. The number of hydrogen-bond donors (Lipinski definition) is 1. The third kappa shape index (κ3) is 3.14. The number of pyridine rings is 1. The Morgan fingerprint density at radius 2 is 2.36 bits per heavy atom. The predicted molar refractivity (Wildman–Crippen MR) is 58.7 cm³/mol. The van der Waals surface area contributed by atoms with Crippen molar-refractivity contribution in [3.63, 3.8) is 0 Å². The third-order valence-corrected chi connectivity index (χ3v) is 2.93. The first-order chi connectivity index (χ1) is 6.61. The molecule has 0 aliphatic heterocycles. The Kier molecular flexibility index (Phi) is 4.13. The molecule has 1 N–H and O–H groups in total. The van der Waals surface area contributed by atoms with Crippen LogP contribution in [0.1, 0.15) is 25.6 Å². The SMILES string of the molecule is C=C(C)[S@@+]([O-])N[C@H](C)c1ccccn1. The van der Waals surface area contributed by atoms with Crippen molar-refractivity contribution in [3.8, 4) is 0 Å². The zero-order chi connectivity index (χ0) is 10.6. The van der Waals surface area contributed by atoms with Crippen molar-refractivity contribution < 1.29 is 4.55 Å². The van der Waals surface area contributed by atoms with Crippen molar-refractivity contribution in [2.24, 2.45) is 0 Å². The van der Waals surface area contributed by atoms with Crippen LogP contribution in [0.2, 0.25) is 0 Å². The molecule has 1 heterocycles. The van der Waals surface area contributed by atoms with Crippen LogP contribution in [-0.2, 0) is 11.4 Å². The van der Waals surface area contributed by atoms with E-state index in [2.05, 4.69) is 16.3 Å². The molecule has 0 saturated carbocycles. The summed E-state index contributed by atoms with van der Waals surface area (Å²) in [5, 5.41) is 0. The number of nitrogens with one attached hydrogen (secondary N) is 1. The van der Waals surface area contributed by atoms with Crippen LogP contribution in [0.3, 0.4) is 0 Å². The molecule has 0 fully saturated rings. The molecule has 0 aliphatic rings. The third-order valence-electron chi connectivity index (χ3n) is 1.73. The summed E-state index contributed by atoms with van der Waals surface area (Å²) in [6.45, 7) is 7.27. The fourth-order valence-electron chi connectivity index (χ4n) is 0.954. The average Bonchev–Trinajstić information content (AvgIpc) is 2.19. The van der Waals surface area contributed by atoms with Crippen LogP contribution in [0.4, 0.5) is 0 Å². The van der Waals surface area contributed by atoms with E-state index in [0.717, 1.165) is 5.69 Å². The summed E-state index contributed by atoms with van der Waals surface area (Å²) in [6.07, 6.45) is 1.72. The zero-order valence-electron chi connectivity index (χ0n) is 8.36. The van der Waals surface area contributed by atoms with E-state index in [-0.39, 0.29) is 6.04 Å². The van der Waals surface area contributed by atoms with Crippen molar-refractivity contribution in [3.05, 3.63) is 41.6 Å². The minimum absolute atomic E-state index is 0.0336. The van der Waals surface area contributed by atoms with E-state index < -0.39 is 11.4 Å². The molecule has 0 saturated heterocycles. The molecule has 0 unspecified atom stereocenters. The Balaban J connectivity index is 2.59. The lowest BCUT2D eigenvalue weighted by Gasteiger charge is -2.15. The molecule has 1 aromatic heterocycles. The number of allylic oxidation sites excluding steroid dienone is 1. The number of nitrogens with zero attached hydrogens (tertiary/aromatic N) is 1. The highest BCUT2D eigenvalue weighted by atomic mass is 32.2. The van der Waals surface area contributed by atoms with Crippen LogP contribution >= 0.6 is 0 Å². The first kappa shape index (κ1) is 11.2. The largest absolute Gasteiger partial charge is 0.593 e. The second-order valence-electron chi connectivity index (χ2n) is 3.06. The molecule has 4 heteroatoms. The maximum absolute atomic E-state index is 11.4. The first-order valence-electron chi connectivity index (χ1n) is 4.35. The maximum Gasteiger partial charge on any atom is 0.140 e. The summed E-state index contributed by atoms with van der Waals surface area (Å²) in [5.41, 5.74) is 0.877. The van der Waals surface area contributed by atoms with E-state index in [0.29, 0.717) is 4.91 Å². The van der Waals surface area contributed by atoms with Crippen LogP contribution in [0, 0.1) is 0 Å². The van der Waals surface area contributed by atoms with Gasteiger partial charge in [0.2, 0.25) is 0 Å². The molecule has 3 nitrogen and oxygen atoms in total. The van der Waals surface area contributed by atoms with Gasteiger partial charge in [-0.05, 0) is 25.6 Å². The van der Waals surface area contributed by atoms with E-state index in [1.54, 1.807) is 13.1 Å². The van der Waals surface area contributed by atoms with Gasteiger partial charge in [0.05, 0.1) is 23.1 Å². The van der Waals surface area contributed by atoms with Gasteiger partial charge in [-0.15, -0.1) is 4.72 Å². The standard InChI is InChI=1S/C10H14N2OS/c1-8(2)14(13)12-9(3)10-6-4-5-7-11-10/h4-7,9,12H,1H2,2-3H3/t9-,14-/m1/s1. The van der Waals surface area contributed by atoms with Gasteiger partial charge in [-0.25, -0.2) is 0 Å². The van der Waals surface area contributed by atoms with Gasteiger partial charge in [0, 0.05) is 13.1 Å². The predicted octanol–water partition coefficient (Wildman–Crippen LogP) is 1.93. The number of rotatable bonds is 4. The van der Waals surface area contributed by atoms with Gasteiger partial charge >= 0.3 is 0 Å². The lowest BCUT2D eigenvalue weighted by Crippen LogP contribution is -2.27. The number of aromatic nitrogens is 1. The Hall–Kier alpha value is -0.840. The summed E-state index contributed by atoms with van der Waals surface area (Å²) in [4.78, 5) is 4.78. The van der Waals surface area contributed by atoms with Crippen molar-refractivity contribution in [2.75, 3.05) is 0 Å². The molecule has 2 atom stereocenters. The maximum atomic E-state index is 11.4. The van der Waals surface area contributed by atoms with Crippen molar-refractivity contribution in [1.82, 2.24) is 9.71 Å². The van der Waals surface area contributed by atoms with Gasteiger partial charge in [-0.3, -0.25) is 4.98 Å². The Labute approximate surface area is 87.6 Å². The van der Waals surface area contributed by atoms with Gasteiger partial charge in [0.1, 0.15) is 4.91 Å². The molecule has 1 rings (SSSR count). The minimum atomic E-state index is -1.19. The fourth-order valence-corrected chi connectivity index (χ4v) is 1.60. The van der Waals surface area contributed by atoms with E-state index in [9.17, 15) is 4.55 Å². The van der Waals surface area contributed by atoms with E-state index in [1.165, 1.54) is 0 Å². The zero-order valence-corrected chi connectivity index (χ0v) is 9.17. The Morgan fingerprint density at radius 1 is 1.64 bits per heavy atom. The monoisotopic (exact) mass is 210 g/mol. The molecule has 0 aliphatic carbocycles. The Bertz CT molecular complexity index is 302. The van der Waals surface area contributed by atoms with Crippen LogP contribution in [0.15, 0.2) is 35.9 Å². The molecule has 0 amide bonds. The van der Waals surface area contributed by atoms with Crippen molar-refractivity contribution >= 4 is 11.4 Å². The van der Waals surface area contributed by atoms with Crippen LogP contribution in [-0.4, -0.2) is 9.54 Å². The van der Waals surface area contributed by atoms with Gasteiger partial charge in [0.15, 0.2) is 0 Å². The summed E-state index contributed by atoms with van der Waals surface area (Å²) in [6, 6.07) is 5.62. The molecule has 1 aromatic rings. The lowest BCUT2D eigenvalue weighted by molar-refractivity contribution is 0.569. The fraction of sp³-hybridized carbons (Fsp3) is 0.300. The highest BCUT2D eigenvalue weighted by Crippen LogP contribution is 2.11. The average molecular weight is 210 g/mol. The minimum Gasteiger partial charge on any atom is -0.593 e. The molecule has 0 aromatic carbocycles. The van der Waals surface area contributed by atoms with Crippen LogP contribution < -0.4 is 4.72 Å². The second kappa shape index (κ2) is 5.14.